The maximum Gasteiger partial charge on any atom is 0.320 e. The minimum absolute atomic E-state index is 0.434. The van der Waals surface area contributed by atoms with Crippen molar-refractivity contribution in [1.82, 2.24) is 4.90 Å². The highest BCUT2D eigenvalue weighted by Gasteiger charge is 2.23. The number of nitrogens with zero attached hydrogens (tertiary/aromatic N) is 1. The van der Waals surface area contributed by atoms with Crippen molar-refractivity contribution >= 4 is 5.97 Å². The van der Waals surface area contributed by atoms with Crippen LogP contribution in [0, 0.1) is 5.41 Å². The molecule has 4 heteroatoms. The highest BCUT2D eigenvalue weighted by Crippen LogP contribution is 2.29. The third-order valence-corrected chi connectivity index (χ3v) is 3.51. The van der Waals surface area contributed by atoms with Crippen molar-refractivity contribution in [2.45, 2.75) is 45.6 Å². The molecule has 0 aromatic heterocycles. The van der Waals surface area contributed by atoms with E-state index in [-0.39, 0.29) is 0 Å². The van der Waals surface area contributed by atoms with E-state index in [0.717, 1.165) is 19.6 Å². The second-order valence-electron chi connectivity index (χ2n) is 5.59. The minimum atomic E-state index is -0.893. The van der Waals surface area contributed by atoms with Crippen LogP contribution in [0.5, 0.6) is 0 Å². The molecule has 1 rings (SSSR count). The summed E-state index contributed by atoms with van der Waals surface area (Å²) in [6.45, 7) is 7.57. The van der Waals surface area contributed by atoms with E-state index in [0.29, 0.717) is 11.8 Å². The van der Waals surface area contributed by atoms with Crippen molar-refractivity contribution < 1.29 is 9.90 Å². The molecule has 16 heavy (non-hydrogen) atoms. The number of hydrogen-bond acceptors (Lipinski definition) is 3. The molecule has 1 atom stereocenters. The van der Waals surface area contributed by atoms with Crippen molar-refractivity contribution in [3.8, 4) is 0 Å². The lowest BCUT2D eigenvalue weighted by Gasteiger charge is -2.23. The Morgan fingerprint density at radius 2 is 2.12 bits per heavy atom. The standard InChI is InChI=1S/C12H24N2O2/c1-12(2)5-3-7-14(9-6-12)8-4-10(13)11(15)16/h10H,3-9,13H2,1-2H3,(H,15,16). The molecule has 1 heterocycles. The second-order valence-corrected chi connectivity index (χ2v) is 5.59. The molecule has 0 spiro atoms. The number of aliphatic carboxylic acids is 1. The number of carboxylic acids is 1. The molecule has 4 nitrogen and oxygen atoms in total. The van der Waals surface area contributed by atoms with Gasteiger partial charge in [-0.1, -0.05) is 13.8 Å². The van der Waals surface area contributed by atoms with Gasteiger partial charge in [-0.05, 0) is 44.2 Å². The summed E-state index contributed by atoms with van der Waals surface area (Å²) >= 11 is 0. The lowest BCUT2D eigenvalue weighted by molar-refractivity contribution is -0.138. The van der Waals surface area contributed by atoms with Crippen LogP contribution >= 0.6 is 0 Å². The summed E-state index contributed by atoms with van der Waals surface area (Å²) in [6.07, 6.45) is 4.20. The van der Waals surface area contributed by atoms with Crippen LogP contribution < -0.4 is 5.73 Å². The summed E-state index contributed by atoms with van der Waals surface area (Å²) in [5.74, 6) is -0.893. The Bertz CT molecular complexity index is 241. The molecule has 1 aliphatic heterocycles. The van der Waals surface area contributed by atoms with Gasteiger partial charge in [-0.2, -0.15) is 0 Å². The van der Waals surface area contributed by atoms with E-state index in [1.54, 1.807) is 0 Å². The van der Waals surface area contributed by atoms with Crippen molar-refractivity contribution in [1.29, 1.82) is 0 Å². The van der Waals surface area contributed by atoms with Gasteiger partial charge in [0.1, 0.15) is 6.04 Å². The highest BCUT2D eigenvalue weighted by molar-refractivity contribution is 5.72. The Labute approximate surface area is 97.8 Å². The van der Waals surface area contributed by atoms with Crippen molar-refractivity contribution in [3.05, 3.63) is 0 Å². The Morgan fingerprint density at radius 3 is 2.75 bits per heavy atom. The first-order valence-electron chi connectivity index (χ1n) is 6.11. The Hall–Kier alpha value is -0.610. The van der Waals surface area contributed by atoms with Gasteiger partial charge >= 0.3 is 5.97 Å². The van der Waals surface area contributed by atoms with E-state index in [2.05, 4.69) is 18.7 Å². The number of rotatable bonds is 4. The van der Waals surface area contributed by atoms with Gasteiger partial charge in [0.2, 0.25) is 0 Å². The zero-order chi connectivity index (χ0) is 12.2. The highest BCUT2D eigenvalue weighted by atomic mass is 16.4. The van der Waals surface area contributed by atoms with E-state index in [9.17, 15) is 4.79 Å². The molecular formula is C12H24N2O2. The molecule has 0 aromatic rings. The van der Waals surface area contributed by atoms with Crippen LogP contribution in [0.25, 0.3) is 0 Å². The predicted octanol–water partition coefficient (Wildman–Crippen LogP) is 1.30. The lowest BCUT2D eigenvalue weighted by Crippen LogP contribution is -2.36. The third-order valence-electron chi connectivity index (χ3n) is 3.51. The number of carbonyl (C=O) groups is 1. The summed E-state index contributed by atoms with van der Waals surface area (Å²) in [6, 6.07) is -0.712. The average Bonchev–Trinajstić information content (AvgIpc) is 2.36. The summed E-state index contributed by atoms with van der Waals surface area (Å²) in [5.41, 5.74) is 5.93. The molecule has 0 radical (unpaired) electrons. The van der Waals surface area contributed by atoms with Crippen LogP contribution in [0.4, 0.5) is 0 Å². The SMILES string of the molecule is CC1(C)CCCN(CCC(N)C(=O)O)CC1. The van der Waals surface area contributed by atoms with Gasteiger partial charge in [0.15, 0.2) is 0 Å². The van der Waals surface area contributed by atoms with Crippen molar-refractivity contribution in [2.75, 3.05) is 19.6 Å². The molecule has 94 valence electrons. The van der Waals surface area contributed by atoms with Gasteiger partial charge in [-0.15, -0.1) is 0 Å². The van der Waals surface area contributed by atoms with Crippen LogP contribution in [-0.4, -0.2) is 41.7 Å². The largest absolute Gasteiger partial charge is 0.480 e. The Kier molecular flexibility index (Phi) is 4.74. The quantitative estimate of drug-likeness (QED) is 0.761. The Morgan fingerprint density at radius 1 is 1.44 bits per heavy atom. The van der Waals surface area contributed by atoms with E-state index >= 15 is 0 Å². The van der Waals surface area contributed by atoms with Gasteiger partial charge < -0.3 is 15.7 Å². The molecule has 1 saturated heterocycles. The maximum atomic E-state index is 10.6. The second kappa shape index (κ2) is 5.64. The van der Waals surface area contributed by atoms with E-state index in [1.807, 2.05) is 0 Å². The molecule has 0 saturated carbocycles. The topological polar surface area (TPSA) is 66.6 Å². The molecule has 3 N–H and O–H groups in total. The zero-order valence-electron chi connectivity index (χ0n) is 10.4. The molecule has 0 aliphatic carbocycles. The molecule has 0 amide bonds. The number of carboxylic acid groups (broad SMARTS) is 1. The molecule has 0 aromatic carbocycles. The van der Waals surface area contributed by atoms with Crippen LogP contribution in [0.2, 0.25) is 0 Å². The lowest BCUT2D eigenvalue weighted by atomic mass is 9.85. The molecular weight excluding hydrogens is 204 g/mol. The first kappa shape index (κ1) is 13.5. The minimum Gasteiger partial charge on any atom is -0.480 e. The predicted molar refractivity (Wildman–Crippen MR) is 64.3 cm³/mol. The van der Waals surface area contributed by atoms with Crippen LogP contribution in [-0.2, 0) is 4.79 Å². The van der Waals surface area contributed by atoms with Gasteiger partial charge in [0, 0.05) is 6.54 Å². The van der Waals surface area contributed by atoms with Gasteiger partial charge in [-0.3, -0.25) is 4.79 Å². The summed E-state index contributed by atoms with van der Waals surface area (Å²) in [5, 5.41) is 8.71. The van der Waals surface area contributed by atoms with E-state index in [1.165, 1.54) is 19.3 Å². The van der Waals surface area contributed by atoms with Crippen molar-refractivity contribution in [3.63, 3.8) is 0 Å². The molecule has 0 bridgehead atoms. The number of hydrogen-bond donors (Lipinski definition) is 2. The fraction of sp³-hybridized carbons (Fsp3) is 0.917. The summed E-state index contributed by atoms with van der Waals surface area (Å²) in [7, 11) is 0. The molecule has 1 unspecified atom stereocenters. The molecule has 1 aliphatic rings. The first-order valence-corrected chi connectivity index (χ1v) is 6.11. The monoisotopic (exact) mass is 228 g/mol. The van der Waals surface area contributed by atoms with Crippen LogP contribution in [0.15, 0.2) is 0 Å². The van der Waals surface area contributed by atoms with Gasteiger partial charge in [-0.25, -0.2) is 0 Å². The smallest absolute Gasteiger partial charge is 0.320 e. The van der Waals surface area contributed by atoms with Crippen LogP contribution in [0.3, 0.4) is 0 Å². The van der Waals surface area contributed by atoms with Crippen molar-refractivity contribution in [2.24, 2.45) is 11.1 Å². The third kappa shape index (κ3) is 4.49. The number of likely N-dealkylation sites (tertiary alicyclic amines) is 1. The fourth-order valence-corrected chi connectivity index (χ4v) is 2.15. The van der Waals surface area contributed by atoms with Gasteiger partial charge in [0.25, 0.3) is 0 Å². The van der Waals surface area contributed by atoms with E-state index < -0.39 is 12.0 Å². The van der Waals surface area contributed by atoms with Gasteiger partial charge in [0.05, 0.1) is 0 Å². The number of nitrogens with two attached hydrogens (primary N) is 1. The summed E-state index contributed by atoms with van der Waals surface area (Å²) < 4.78 is 0. The zero-order valence-corrected chi connectivity index (χ0v) is 10.4. The average molecular weight is 228 g/mol. The molecule has 1 fully saturated rings. The summed E-state index contributed by atoms with van der Waals surface area (Å²) in [4.78, 5) is 12.9. The fourth-order valence-electron chi connectivity index (χ4n) is 2.15. The normalized spacial score (nSPS) is 23.7. The van der Waals surface area contributed by atoms with E-state index in [4.69, 9.17) is 10.8 Å². The Balaban J connectivity index is 2.30. The first-order chi connectivity index (χ1) is 7.41. The maximum absolute atomic E-state index is 10.6. The van der Waals surface area contributed by atoms with Crippen LogP contribution in [0.1, 0.15) is 39.5 Å².